The van der Waals surface area contributed by atoms with Crippen LogP contribution in [-0.2, 0) is 0 Å². The standard InChI is InChI=1S/C7H5Cl2NO3.ClH/c8-2-1-3(9)6(11)5(10)4(2)7(12)13;/h1,11H,10H2,(H,12,13);1H. The van der Waals surface area contributed by atoms with Gasteiger partial charge in [-0.15, -0.1) is 12.4 Å². The van der Waals surface area contributed by atoms with E-state index in [1.165, 1.54) is 0 Å². The van der Waals surface area contributed by atoms with E-state index in [0.717, 1.165) is 6.07 Å². The Morgan fingerprint density at radius 1 is 1.36 bits per heavy atom. The lowest BCUT2D eigenvalue weighted by Crippen LogP contribution is -2.03. The van der Waals surface area contributed by atoms with Gasteiger partial charge in [-0.1, -0.05) is 23.2 Å². The fourth-order valence-electron chi connectivity index (χ4n) is 0.845. The van der Waals surface area contributed by atoms with E-state index in [-0.39, 0.29) is 33.7 Å². The van der Waals surface area contributed by atoms with Crippen LogP contribution in [0.25, 0.3) is 0 Å². The van der Waals surface area contributed by atoms with Crippen molar-refractivity contribution in [3.8, 4) is 5.75 Å². The maximum atomic E-state index is 10.6. The predicted octanol–water partition coefficient (Wildman–Crippen LogP) is 2.40. The van der Waals surface area contributed by atoms with Crippen molar-refractivity contribution < 1.29 is 15.0 Å². The molecule has 0 saturated carbocycles. The molecule has 1 aromatic rings. The minimum absolute atomic E-state index is 0. The third-order valence-corrected chi connectivity index (χ3v) is 2.04. The third kappa shape index (κ3) is 2.15. The van der Waals surface area contributed by atoms with Crippen molar-refractivity contribution in [1.29, 1.82) is 0 Å². The van der Waals surface area contributed by atoms with Gasteiger partial charge in [-0.3, -0.25) is 0 Å². The minimum Gasteiger partial charge on any atom is -0.504 e. The van der Waals surface area contributed by atoms with Crippen LogP contribution in [0.15, 0.2) is 6.07 Å². The Morgan fingerprint density at radius 3 is 2.29 bits per heavy atom. The maximum absolute atomic E-state index is 10.6. The number of phenols is 1. The molecule has 0 aromatic heterocycles. The molecule has 0 aliphatic heterocycles. The van der Waals surface area contributed by atoms with Crippen molar-refractivity contribution in [1.82, 2.24) is 0 Å². The van der Waals surface area contributed by atoms with E-state index >= 15 is 0 Å². The van der Waals surface area contributed by atoms with E-state index in [1.807, 2.05) is 0 Å². The first-order valence-corrected chi connectivity index (χ1v) is 3.90. The van der Waals surface area contributed by atoms with Crippen LogP contribution in [0.1, 0.15) is 10.4 Å². The van der Waals surface area contributed by atoms with Crippen molar-refractivity contribution >= 4 is 47.3 Å². The molecule has 0 aliphatic carbocycles. The summed E-state index contributed by atoms with van der Waals surface area (Å²) in [6, 6.07) is 1.12. The molecule has 0 spiro atoms. The average molecular weight is 258 g/mol. The summed E-state index contributed by atoms with van der Waals surface area (Å²) < 4.78 is 0. The first-order chi connectivity index (χ1) is 5.95. The predicted molar refractivity (Wildman–Crippen MR) is 56.7 cm³/mol. The number of carboxylic acid groups (broad SMARTS) is 1. The zero-order valence-corrected chi connectivity index (χ0v) is 8.95. The number of halogens is 3. The van der Waals surface area contributed by atoms with Gasteiger partial charge >= 0.3 is 5.97 Å². The molecule has 0 bridgehead atoms. The van der Waals surface area contributed by atoms with Gasteiger partial charge in [0.25, 0.3) is 0 Å². The lowest BCUT2D eigenvalue weighted by atomic mass is 10.1. The van der Waals surface area contributed by atoms with Crippen molar-refractivity contribution in [3.63, 3.8) is 0 Å². The fourth-order valence-corrected chi connectivity index (χ4v) is 1.40. The van der Waals surface area contributed by atoms with Gasteiger partial charge in [-0.2, -0.15) is 0 Å². The second-order valence-electron chi connectivity index (χ2n) is 2.28. The molecule has 0 saturated heterocycles. The second kappa shape index (κ2) is 4.59. The Kier molecular flexibility index (Phi) is 4.32. The molecule has 0 unspecified atom stereocenters. The number of nitrogen functional groups attached to an aromatic ring is 1. The number of phenolic OH excluding ortho intramolecular Hbond substituents is 1. The summed E-state index contributed by atoms with van der Waals surface area (Å²) in [5.74, 6) is -1.78. The quantitative estimate of drug-likeness (QED) is 0.533. The highest BCUT2D eigenvalue weighted by Crippen LogP contribution is 2.37. The Bertz CT molecular complexity index is 381. The van der Waals surface area contributed by atoms with Crippen LogP contribution in [0.3, 0.4) is 0 Å². The number of aromatic hydroxyl groups is 1. The van der Waals surface area contributed by atoms with Gasteiger partial charge in [-0.05, 0) is 6.07 Å². The molecule has 0 atom stereocenters. The molecule has 0 heterocycles. The van der Waals surface area contributed by atoms with Crippen LogP contribution in [0, 0.1) is 0 Å². The molecular weight excluding hydrogens is 252 g/mol. The van der Waals surface area contributed by atoms with E-state index < -0.39 is 11.7 Å². The molecule has 4 N–H and O–H groups in total. The SMILES string of the molecule is Cl.Nc1c(O)c(Cl)cc(Cl)c1C(=O)O. The number of carboxylic acids is 1. The van der Waals surface area contributed by atoms with Gasteiger partial charge in [-0.25, -0.2) is 4.79 Å². The molecule has 4 nitrogen and oxygen atoms in total. The summed E-state index contributed by atoms with van der Waals surface area (Å²) >= 11 is 11.0. The molecular formula is C7H6Cl3NO3. The normalized spacial score (nSPS) is 9.29. The minimum atomic E-state index is -1.31. The zero-order valence-electron chi connectivity index (χ0n) is 6.62. The first kappa shape index (κ1) is 13.2. The van der Waals surface area contributed by atoms with Crippen LogP contribution in [0.5, 0.6) is 5.75 Å². The highest BCUT2D eigenvalue weighted by molar-refractivity contribution is 6.38. The summed E-state index contributed by atoms with van der Waals surface area (Å²) in [4.78, 5) is 10.6. The summed E-state index contributed by atoms with van der Waals surface area (Å²) in [5, 5.41) is 17.6. The summed E-state index contributed by atoms with van der Waals surface area (Å²) in [6.45, 7) is 0. The smallest absolute Gasteiger partial charge is 0.339 e. The van der Waals surface area contributed by atoms with E-state index in [0.29, 0.717) is 0 Å². The van der Waals surface area contributed by atoms with Crippen molar-refractivity contribution in [2.45, 2.75) is 0 Å². The molecule has 0 fully saturated rings. The lowest BCUT2D eigenvalue weighted by Gasteiger charge is -2.06. The van der Waals surface area contributed by atoms with Crippen LogP contribution in [0.2, 0.25) is 10.0 Å². The van der Waals surface area contributed by atoms with Gasteiger partial charge in [0.2, 0.25) is 0 Å². The monoisotopic (exact) mass is 257 g/mol. The van der Waals surface area contributed by atoms with Crippen molar-refractivity contribution in [2.75, 3.05) is 5.73 Å². The Labute approximate surface area is 95.6 Å². The summed E-state index contributed by atoms with van der Waals surface area (Å²) in [5.41, 5.74) is 4.61. The second-order valence-corrected chi connectivity index (χ2v) is 3.10. The molecule has 1 rings (SSSR count). The van der Waals surface area contributed by atoms with Gasteiger partial charge in [0, 0.05) is 0 Å². The summed E-state index contributed by atoms with van der Waals surface area (Å²) in [6.07, 6.45) is 0. The molecule has 1 aromatic carbocycles. The van der Waals surface area contributed by atoms with Gasteiger partial charge < -0.3 is 15.9 Å². The molecule has 0 amide bonds. The number of aromatic carboxylic acids is 1. The van der Waals surface area contributed by atoms with Crippen molar-refractivity contribution in [3.05, 3.63) is 21.7 Å². The number of benzene rings is 1. The van der Waals surface area contributed by atoms with Gasteiger partial charge in [0.05, 0.1) is 15.7 Å². The summed E-state index contributed by atoms with van der Waals surface area (Å²) in [7, 11) is 0. The maximum Gasteiger partial charge on any atom is 0.339 e. The van der Waals surface area contributed by atoms with Crippen LogP contribution < -0.4 is 5.73 Å². The first-order valence-electron chi connectivity index (χ1n) is 3.15. The molecule has 78 valence electrons. The van der Waals surface area contributed by atoms with Crippen LogP contribution in [-0.4, -0.2) is 16.2 Å². The number of nitrogens with two attached hydrogens (primary N) is 1. The van der Waals surface area contributed by atoms with Gasteiger partial charge in [0.15, 0.2) is 5.75 Å². The number of anilines is 1. The van der Waals surface area contributed by atoms with Crippen LogP contribution in [0.4, 0.5) is 5.69 Å². The molecule has 0 aliphatic rings. The Balaban J connectivity index is 0.00000169. The lowest BCUT2D eigenvalue weighted by molar-refractivity contribution is 0.0698. The third-order valence-electron chi connectivity index (χ3n) is 1.46. The van der Waals surface area contributed by atoms with Crippen LogP contribution >= 0.6 is 35.6 Å². The topological polar surface area (TPSA) is 83.5 Å². The number of hydrogen-bond donors (Lipinski definition) is 3. The molecule has 0 radical (unpaired) electrons. The highest BCUT2D eigenvalue weighted by atomic mass is 35.5. The van der Waals surface area contributed by atoms with E-state index in [4.69, 9.17) is 34.0 Å². The van der Waals surface area contributed by atoms with E-state index in [1.54, 1.807) is 0 Å². The van der Waals surface area contributed by atoms with Crippen molar-refractivity contribution in [2.24, 2.45) is 0 Å². The fraction of sp³-hybridized carbons (Fsp3) is 0. The average Bonchev–Trinajstić information content (AvgIpc) is 1.99. The molecule has 14 heavy (non-hydrogen) atoms. The van der Waals surface area contributed by atoms with E-state index in [2.05, 4.69) is 0 Å². The number of carbonyl (C=O) groups is 1. The Morgan fingerprint density at radius 2 is 1.86 bits per heavy atom. The van der Waals surface area contributed by atoms with Gasteiger partial charge in [0.1, 0.15) is 5.56 Å². The zero-order chi connectivity index (χ0) is 10.2. The molecule has 7 heteroatoms. The highest BCUT2D eigenvalue weighted by Gasteiger charge is 2.18. The number of rotatable bonds is 1. The Hall–Kier alpha value is -0.840. The largest absolute Gasteiger partial charge is 0.504 e. The van der Waals surface area contributed by atoms with E-state index in [9.17, 15) is 9.90 Å². The number of hydrogen-bond acceptors (Lipinski definition) is 3.